The van der Waals surface area contributed by atoms with Crippen LogP contribution in [0.25, 0.3) is 0 Å². The molecule has 0 atom stereocenters. The van der Waals surface area contributed by atoms with Gasteiger partial charge >= 0.3 is 6.09 Å². The van der Waals surface area contributed by atoms with Crippen LogP contribution in [0.2, 0.25) is 0 Å². The van der Waals surface area contributed by atoms with Gasteiger partial charge in [0.15, 0.2) is 0 Å². The Labute approximate surface area is 151 Å². The van der Waals surface area contributed by atoms with E-state index < -0.39 is 16.6 Å². The summed E-state index contributed by atoms with van der Waals surface area (Å²) in [4.78, 5) is 37.9. The summed E-state index contributed by atoms with van der Waals surface area (Å²) < 4.78 is 5.25. The van der Waals surface area contributed by atoms with Crippen LogP contribution >= 0.6 is 0 Å². The van der Waals surface area contributed by atoms with Gasteiger partial charge in [-0.25, -0.2) is 4.79 Å². The van der Waals surface area contributed by atoms with Crippen molar-refractivity contribution < 1.29 is 24.4 Å². The molecule has 0 fully saturated rings. The van der Waals surface area contributed by atoms with Crippen LogP contribution in [0.4, 0.5) is 16.2 Å². The lowest BCUT2D eigenvalue weighted by Gasteiger charge is -2.28. The molecular weight excluding hydrogens is 342 g/mol. The summed E-state index contributed by atoms with van der Waals surface area (Å²) in [5.74, 6) is -0.386. The van der Waals surface area contributed by atoms with Crippen molar-refractivity contribution in [3.05, 3.63) is 33.9 Å². The first-order valence-corrected chi connectivity index (χ1v) is 8.29. The van der Waals surface area contributed by atoms with E-state index in [1.807, 2.05) is 0 Å². The number of rotatable bonds is 5. The van der Waals surface area contributed by atoms with E-state index in [0.717, 1.165) is 10.5 Å². The van der Waals surface area contributed by atoms with Crippen molar-refractivity contribution in [2.75, 3.05) is 31.1 Å². The molecule has 1 aromatic carbocycles. The molecule has 9 nitrogen and oxygen atoms in total. The van der Waals surface area contributed by atoms with Gasteiger partial charge in [0.2, 0.25) is 5.91 Å². The highest BCUT2D eigenvalue weighted by Crippen LogP contribution is 2.31. The Morgan fingerprint density at radius 1 is 1.38 bits per heavy atom. The number of nitro groups is 1. The topological polar surface area (TPSA) is 113 Å². The van der Waals surface area contributed by atoms with Crippen LogP contribution in [0.1, 0.15) is 26.3 Å². The molecule has 9 heteroatoms. The van der Waals surface area contributed by atoms with Gasteiger partial charge in [-0.05, 0) is 32.8 Å². The average Bonchev–Trinajstić information content (AvgIpc) is 2.95. The van der Waals surface area contributed by atoms with Gasteiger partial charge < -0.3 is 14.7 Å². The molecule has 1 heterocycles. The van der Waals surface area contributed by atoms with Gasteiger partial charge in [0, 0.05) is 25.2 Å². The number of aliphatic hydroxyl groups excluding tert-OH is 1. The molecule has 0 aromatic heterocycles. The lowest BCUT2D eigenvalue weighted by molar-refractivity contribution is -0.384. The average molecular weight is 365 g/mol. The van der Waals surface area contributed by atoms with Gasteiger partial charge in [-0.2, -0.15) is 0 Å². The minimum atomic E-state index is -0.727. The molecule has 0 bridgehead atoms. The van der Waals surface area contributed by atoms with Crippen molar-refractivity contribution in [2.45, 2.75) is 32.8 Å². The highest BCUT2D eigenvalue weighted by atomic mass is 16.6. The van der Waals surface area contributed by atoms with Crippen molar-refractivity contribution in [3.63, 3.8) is 0 Å². The maximum Gasteiger partial charge on any atom is 0.410 e. The number of aliphatic hydroxyl groups is 1. The predicted octanol–water partition coefficient (Wildman–Crippen LogP) is 1.71. The summed E-state index contributed by atoms with van der Waals surface area (Å²) >= 11 is 0. The zero-order valence-corrected chi connectivity index (χ0v) is 15.1. The van der Waals surface area contributed by atoms with E-state index in [1.165, 1.54) is 17.0 Å². The van der Waals surface area contributed by atoms with Gasteiger partial charge in [-0.3, -0.25) is 19.8 Å². The van der Waals surface area contributed by atoms with Gasteiger partial charge in [0.1, 0.15) is 12.1 Å². The maximum atomic E-state index is 12.7. The zero-order chi connectivity index (χ0) is 19.5. The fourth-order valence-electron chi connectivity index (χ4n) is 2.67. The predicted molar refractivity (Wildman–Crippen MR) is 94.0 cm³/mol. The van der Waals surface area contributed by atoms with E-state index in [4.69, 9.17) is 9.84 Å². The van der Waals surface area contributed by atoms with Crippen molar-refractivity contribution in [1.82, 2.24) is 4.90 Å². The molecule has 2 rings (SSSR count). The molecule has 0 spiro atoms. The number of fused-ring (bicyclic) bond motifs is 1. The Balaban J connectivity index is 2.15. The molecule has 0 unspecified atom stereocenters. The highest BCUT2D eigenvalue weighted by molar-refractivity contribution is 5.98. The summed E-state index contributed by atoms with van der Waals surface area (Å²) in [6, 6.07) is 4.41. The second-order valence-corrected chi connectivity index (χ2v) is 6.99. The van der Waals surface area contributed by atoms with Gasteiger partial charge in [0.05, 0.1) is 17.2 Å². The summed E-state index contributed by atoms with van der Waals surface area (Å²) in [5, 5.41) is 20.1. The van der Waals surface area contributed by atoms with Crippen molar-refractivity contribution in [1.29, 1.82) is 0 Å². The monoisotopic (exact) mass is 365 g/mol. The number of ether oxygens (including phenoxy) is 1. The number of non-ortho nitro benzene ring substituents is 1. The molecule has 26 heavy (non-hydrogen) atoms. The molecular formula is C17H23N3O6. The standard InChI is InChI=1S/C17H23N3O6/c1-17(2,3)26-16(23)18(8-9-21)11-15(22)19-7-6-12-4-5-13(20(24)25)10-14(12)19/h4-5,10,21H,6-9,11H2,1-3H3. The fraction of sp³-hybridized carbons (Fsp3) is 0.529. The first kappa shape index (κ1) is 19.6. The number of amides is 2. The number of hydrogen-bond donors (Lipinski definition) is 1. The minimum Gasteiger partial charge on any atom is -0.444 e. The van der Waals surface area contributed by atoms with E-state index >= 15 is 0 Å². The van der Waals surface area contributed by atoms with Crippen LogP contribution in [-0.2, 0) is 16.0 Å². The Kier molecular flexibility index (Phi) is 5.81. The van der Waals surface area contributed by atoms with Crippen molar-refractivity contribution >= 4 is 23.4 Å². The lowest BCUT2D eigenvalue weighted by Crippen LogP contribution is -2.45. The maximum absolute atomic E-state index is 12.7. The van der Waals surface area contributed by atoms with Crippen LogP contribution < -0.4 is 4.90 Å². The van der Waals surface area contributed by atoms with E-state index in [1.54, 1.807) is 26.8 Å². The fourth-order valence-corrected chi connectivity index (χ4v) is 2.67. The Morgan fingerprint density at radius 2 is 2.08 bits per heavy atom. The number of carbonyl (C=O) groups excluding carboxylic acids is 2. The number of hydrogen-bond acceptors (Lipinski definition) is 6. The molecule has 1 aliphatic heterocycles. The largest absolute Gasteiger partial charge is 0.444 e. The zero-order valence-electron chi connectivity index (χ0n) is 15.1. The minimum absolute atomic E-state index is 0.0453. The van der Waals surface area contributed by atoms with Crippen LogP contribution in [0, 0.1) is 10.1 Å². The van der Waals surface area contributed by atoms with Gasteiger partial charge in [0.25, 0.3) is 5.69 Å². The number of nitrogens with zero attached hydrogens (tertiary/aromatic N) is 3. The molecule has 142 valence electrons. The molecule has 2 amide bonds. The highest BCUT2D eigenvalue weighted by Gasteiger charge is 2.30. The first-order valence-electron chi connectivity index (χ1n) is 8.29. The van der Waals surface area contributed by atoms with Crippen molar-refractivity contribution in [3.8, 4) is 0 Å². The Hall–Kier alpha value is -2.68. The Morgan fingerprint density at radius 3 is 2.65 bits per heavy atom. The SMILES string of the molecule is CC(C)(C)OC(=O)N(CCO)CC(=O)N1CCc2ccc([N+](=O)[O-])cc21. The number of anilines is 1. The summed E-state index contributed by atoms with van der Waals surface area (Å²) in [5.41, 5.74) is 0.504. The van der Waals surface area contributed by atoms with E-state index in [2.05, 4.69) is 0 Å². The molecule has 1 N–H and O–H groups in total. The van der Waals surface area contributed by atoms with Gasteiger partial charge in [-0.15, -0.1) is 0 Å². The molecule has 0 saturated heterocycles. The number of benzene rings is 1. The van der Waals surface area contributed by atoms with Crippen LogP contribution in [0.5, 0.6) is 0 Å². The second kappa shape index (κ2) is 7.69. The third-order valence-corrected chi connectivity index (χ3v) is 3.82. The van der Waals surface area contributed by atoms with Crippen molar-refractivity contribution in [2.24, 2.45) is 0 Å². The molecule has 0 saturated carbocycles. The summed E-state index contributed by atoms with van der Waals surface area (Å²) in [6.07, 6.45) is -0.107. The quantitative estimate of drug-likeness (QED) is 0.628. The third kappa shape index (κ3) is 4.69. The third-order valence-electron chi connectivity index (χ3n) is 3.82. The first-order chi connectivity index (χ1) is 12.1. The molecule has 1 aliphatic rings. The normalized spacial score (nSPS) is 13.3. The second-order valence-electron chi connectivity index (χ2n) is 6.99. The van der Waals surface area contributed by atoms with Crippen LogP contribution in [0.15, 0.2) is 18.2 Å². The molecule has 1 aromatic rings. The lowest BCUT2D eigenvalue weighted by atomic mass is 10.1. The smallest absolute Gasteiger partial charge is 0.410 e. The number of nitro benzene ring substituents is 1. The summed E-state index contributed by atoms with van der Waals surface area (Å²) in [7, 11) is 0. The van der Waals surface area contributed by atoms with E-state index in [-0.39, 0.29) is 31.3 Å². The summed E-state index contributed by atoms with van der Waals surface area (Å²) in [6.45, 7) is 4.87. The molecule has 0 aliphatic carbocycles. The van der Waals surface area contributed by atoms with Crippen LogP contribution in [0.3, 0.4) is 0 Å². The van der Waals surface area contributed by atoms with Gasteiger partial charge in [-0.1, -0.05) is 6.07 Å². The van der Waals surface area contributed by atoms with Crippen LogP contribution in [-0.4, -0.2) is 58.8 Å². The van der Waals surface area contributed by atoms with E-state index in [0.29, 0.717) is 18.7 Å². The molecule has 0 radical (unpaired) electrons. The Bertz CT molecular complexity index is 713. The van der Waals surface area contributed by atoms with E-state index in [9.17, 15) is 19.7 Å². The number of carbonyl (C=O) groups is 2.